The molecule has 2 rings (SSSR count). The van der Waals surface area contributed by atoms with E-state index in [9.17, 15) is 18.0 Å². The maximum absolute atomic E-state index is 12.3. The Hall–Kier alpha value is -1.92. The predicted molar refractivity (Wildman–Crippen MR) is 45.6 cm³/mol. The van der Waals surface area contributed by atoms with Crippen LogP contribution in [-0.2, 0) is 0 Å². The normalized spacial score (nSPS) is 18.6. The Kier molecular flexibility index (Phi) is 2.18. The van der Waals surface area contributed by atoms with Crippen molar-refractivity contribution in [2.24, 2.45) is 9.98 Å². The van der Waals surface area contributed by atoms with E-state index in [2.05, 4.69) is 9.98 Å². The van der Waals surface area contributed by atoms with E-state index in [1.807, 2.05) is 0 Å². The third-order valence-corrected chi connectivity index (χ3v) is 2.04. The van der Waals surface area contributed by atoms with Gasteiger partial charge >= 0.3 is 12.1 Å². The Morgan fingerprint density at radius 3 is 2.44 bits per heavy atom. The quantitative estimate of drug-likeness (QED) is 0.764. The third kappa shape index (κ3) is 1.75. The largest absolute Gasteiger partial charge is 0.478 e. The second-order valence-electron chi connectivity index (χ2n) is 3.18. The highest BCUT2D eigenvalue weighted by Gasteiger charge is 2.40. The van der Waals surface area contributed by atoms with Gasteiger partial charge in [0.15, 0.2) is 0 Å². The highest BCUT2D eigenvalue weighted by molar-refractivity contribution is 5.87. The number of carboxylic acid groups (broad SMARTS) is 1. The average molecular weight is 230 g/mol. The van der Waals surface area contributed by atoms with E-state index in [-0.39, 0.29) is 16.3 Å². The zero-order chi connectivity index (χ0) is 11.9. The summed E-state index contributed by atoms with van der Waals surface area (Å²) in [5.41, 5.74) is -0.111. The van der Waals surface area contributed by atoms with Crippen LogP contribution in [0, 0.1) is 0 Å². The topological polar surface area (TPSA) is 62.0 Å². The molecule has 0 saturated carbocycles. The van der Waals surface area contributed by atoms with Gasteiger partial charge in [-0.05, 0) is 18.2 Å². The number of aromatic carboxylic acids is 1. The van der Waals surface area contributed by atoms with E-state index in [1.54, 1.807) is 0 Å². The molecule has 1 N–H and O–H groups in total. The number of fused-ring (bicyclic) bond motifs is 1. The molecule has 0 bridgehead atoms. The number of benzene rings is 1. The van der Waals surface area contributed by atoms with Gasteiger partial charge in [-0.25, -0.2) is 14.8 Å². The molecule has 0 radical (unpaired) electrons. The van der Waals surface area contributed by atoms with Gasteiger partial charge in [0.25, 0.3) is 0 Å². The van der Waals surface area contributed by atoms with Crippen molar-refractivity contribution in [3.05, 3.63) is 34.5 Å². The molecule has 1 aliphatic rings. The van der Waals surface area contributed by atoms with Crippen LogP contribution in [0.15, 0.2) is 28.2 Å². The first-order valence-corrected chi connectivity index (χ1v) is 4.23. The van der Waals surface area contributed by atoms with Gasteiger partial charge in [-0.3, -0.25) is 0 Å². The summed E-state index contributed by atoms with van der Waals surface area (Å²) < 4.78 is 36.8. The van der Waals surface area contributed by atoms with Crippen LogP contribution in [0.4, 0.5) is 13.2 Å². The average Bonchev–Trinajstić information content (AvgIpc) is 2.58. The van der Waals surface area contributed by atoms with Crippen molar-refractivity contribution in [3.63, 3.8) is 0 Å². The molecule has 0 aliphatic carbocycles. The number of nitrogens with zero attached hydrogens (tertiary/aromatic N) is 2. The second-order valence-corrected chi connectivity index (χ2v) is 3.18. The van der Waals surface area contributed by atoms with Gasteiger partial charge in [-0.15, -0.1) is 0 Å². The molecule has 0 saturated heterocycles. The van der Waals surface area contributed by atoms with E-state index in [1.165, 1.54) is 12.1 Å². The van der Waals surface area contributed by atoms with Crippen LogP contribution < -0.4 is 10.7 Å². The molecule has 1 aliphatic heterocycles. The van der Waals surface area contributed by atoms with E-state index >= 15 is 0 Å². The van der Waals surface area contributed by atoms with Gasteiger partial charge in [0.2, 0.25) is 6.17 Å². The molecule has 0 spiro atoms. The van der Waals surface area contributed by atoms with E-state index < -0.39 is 18.3 Å². The zero-order valence-electron chi connectivity index (χ0n) is 7.69. The maximum atomic E-state index is 12.3. The van der Waals surface area contributed by atoms with Crippen LogP contribution in [0.2, 0.25) is 0 Å². The third-order valence-electron chi connectivity index (χ3n) is 2.04. The van der Waals surface area contributed by atoms with Crippen molar-refractivity contribution >= 4 is 5.97 Å². The molecule has 84 valence electrons. The summed E-state index contributed by atoms with van der Waals surface area (Å²) in [4.78, 5) is 17.2. The molecular weight excluding hydrogens is 225 g/mol. The molecule has 4 nitrogen and oxygen atoms in total. The van der Waals surface area contributed by atoms with Crippen molar-refractivity contribution in [1.82, 2.24) is 0 Å². The zero-order valence-corrected chi connectivity index (χ0v) is 7.69. The molecule has 0 unspecified atom stereocenters. The van der Waals surface area contributed by atoms with Gasteiger partial charge in [0, 0.05) is 0 Å². The first-order chi connectivity index (χ1) is 7.38. The molecular formula is C9H5F3N2O2. The lowest BCUT2D eigenvalue weighted by molar-refractivity contribution is -0.145. The van der Waals surface area contributed by atoms with E-state index in [0.717, 1.165) is 6.07 Å². The van der Waals surface area contributed by atoms with Gasteiger partial charge < -0.3 is 5.11 Å². The first kappa shape index (κ1) is 10.6. The standard InChI is InChI=1S/C9H5F3N2O2/c10-9(11,12)8-13-5-2-1-4(7(15)16)3-6(5)14-8/h1-3,8H,(H,15,16)/t8-/m0/s1. The lowest BCUT2D eigenvalue weighted by Gasteiger charge is -2.07. The minimum Gasteiger partial charge on any atom is -0.478 e. The molecule has 7 heteroatoms. The highest BCUT2D eigenvalue weighted by atomic mass is 19.4. The summed E-state index contributed by atoms with van der Waals surface area (Å²) >= 11 is 0. The van der Waals surface area contributed by atoms with Crippen LogP contribution in [0.5, 0.6) is 0 Å². The Balaban J connectivity index is 2.52. The maximum Gasteiger partial charge on any atom is 0.431 e. The molecule has 0 amide bonds. The minimum atomic E-state index is -4.54. The van der Waals surface area contributed by atoms with Crippen LogP contribution in [0.1, 0.15) is 10.4 Å². The number of hydrogen-bond acceptors (Lipinski definition) is 3. The Labute approximate surface area is 86.8 Å². The summed E-state index contributed by atoms with van der Waals surface area (Å²) in [5.74, 6) is -1.21. The molecule has 1 heterocycles. The first-order valence-electron chi connectivity index (χ1n) is 4.23. The van der Waals surface area contributed by atoms with Crippen molar-refractivity contribution in [2.45, 2.75) is 12.3 Å². The Morgan fingerprint density at radius 2 is 1.88 bits per heavy atom. The summed E-state index contributed by atoms with van der Waals surface area (Å²) in [7, 11) is 0. The lowest BCUT2D eigenvalue weighted by atomic mass is 10.2. The fourth-order valence-electron chi connectivity index (χ4n) is 1.31. The molecule has 1 atom stereocenters. The fourth-order valence-corrected chi connectivity index (χ4v) is 1.31. The van der Waals surface area contributed by atoms with Gasteiger partial charge in [0.05, 0.1) is 16.3 Å². The molecule has 1 aromatic carbocycles. The fraction of sp³-hybridized carbons (Fsp3) is 0.222. The number of rotatable bonds is 1. The summed E-state index contributed by atoms with van der Waals surface area (Å²) in [6.45, 7) is 0. The van der Waals surface area contributed by atoms with Crippen molar-refractivity contribution < 1.29 is 23.1 Å². The predicted octanol–water partition coefficient (Wildman–Crippen LogP) is 0.526. The number of hydrogen-bond donors (Lipinski definition) is 1. The molecule has 0 aromatic heterocycles. The second kappa shape index (κ2) is 3.29. The number of halogens is 3. The van der Waals surface area contributed by atoms with E-state index in [4.69, 9.17) is 5.11 Å². The molecule has 1 aromatic rings. The molecule has 16 heavy (non-hydrogen) atoms. The summed E-state index contributed by atoms with van der Waals surface area (Å²) in [6, 6.07) is 3.49. The number of alkyl halides is 3. The van der Waals surface area contributed by atoms with Crippen LogP contribution in [0.25, 0.3) is 0 Å². The number of carbonyl (C=O) groups is 1. The van der Waals surface area contributed by atoms with Gasteiger partial charge in [-0.1, -0.05) is 0 Å². The van der Waals surface area contributed by atoms with Gasteiger partial charge in [0.1, 0.15) is 0 Å². The van der Waals surface area contributed by atoms with Crippen LogP contribution >= 0.6 is 0 Å². The highest BCUT2D eigenvalue weighted by Crippen LogP contribution is 2.23. The van der Waals surface area contributed by atoms with E-state index in [0.29, 0.717) is 0 Å². The summed E-state index contributed by atoms with van der Waals surface area (Å²) in [5, 5.41) is 8.67. The summed E-state index contributed by atoms with van der Waals surface area (Å²) in [6.07, 6.45) is -6.66. The Bertz CT molecular complexity index is 565. The van der Waals surface area contributed by atoms with Gasteiger partial charge in [-0.2, -0.15) is 13.2 Å². The van der Waals surface area contributed by atoms with Crippen LogP contribution in [0.3, 0.4) is 0 Å². The van der Waals surface area contributed by atoms with Crippen molar-refractivity contribution in [2.75, 3.05) is 0 Å². The van der Waals surface area contributed by atoms with Crippen molar-refractivity contribution in [3.8, 4) is 0 Å². The smallest absolute Gasteiger partial charge is 0.431 e. The Morgan fingerprint density at radius 1 is 1.25 bits per heavy atom. The lowest BCUT2D eigenvalue weighted by Crippen LogP contribution is -2.24. The van der Waals surface area contributed by atoms with Crippen LogP contribution in [-0.4, -0.2) is 23.4 Å². The SMILES string of the molecule is O=C(O)c1ccc2c(c1)=N[C@@H](C(F)(F)F)N=2. The van der Waals surface area contributed by atoms with Crippen molar-refractivity contribution in [1.29, 1.82) is 0 Å². The monoisotopic (exact) mass is 230 g/mol. The molecule has 0 fully saturated rings. The number of carboxylic acids is 1. The minimum absolute atomic E-state index is 0.0396.